The minimum atomic E-state index is -0.365. The molecule has 1 N–H and O–H groups in total. The third-order valence-electron chi connectivity index (χ3n) is 7.00. The Kier molecular flexibility index (Phi) is 8.18. The summed E-state index contributed by atoms with van der Waals surface area (Å²) in [5.74, 6) is -0.884. The summed E-state index contributed by atoms with van der Waals surface area (Å²) in [6.07, 6.45) is 4.76. The fraction of sp³-hybridized carbons (Fsp3) is 0.538. The molecule has 35 heavy (non-hydrogen) atoms. The van der Waals surface area contributed by atoms with Crippen molar-refractivity contribution in [2.75, 3.05) is 44.2 Å². The molecule has 3 aliphatic rings. The van der Waals surface area contributed by atoms with Gasteiger partial charge in [-0.15, -0.1) is 0 Å². The zero-order valence-electron chi connectivity index (χ0n) is 20.6. The van der Waals surface area contributed by atoms with Gasteiger partial charge in [-0.2, -0.15) is 0 Å². The molecule has 0 spiro atoms. The number of benzene rings is 1. The van der Waals surface area contributed by atoms with Gasteiger partial charge in [-0.25, -0.2) is 9.69 Å². The van der Waals surface area contributed by atoms with Crippen LogP contribution in [0.15, 0.2) is 29.3 Å². The molecule has 9 heteroatoms. The second-order valence-electron chi connectivity index (χ2n) is 9.30. The van der Waals surface area contributed by atoms with Crippen molar-refractivity contribution in [1.29, 1.82) is 0 Å². The van der Waals surface area contributed by atoms with E-state index in [-0.39, 0.29) is 24.4 Å². The molecule has 8 nitrogen and oxygen atoms in total. The number of thiocarbonyl (C=S) groups is 1. The van der Waals surface area contributed by atoms with Crippen molar-refractivity contribution in [1.82, 2.24) is 15.1 Å². The predicted molar refractivity (Wildman–Crippen MR) is 138 cm³/mol. The average molecular weight is 499 g/mol. The number of cyclic esters (lactones) is 1. The highest BCUT2D eigenvalue weighted by molar-refractivity contribution is 7.80. The Morgan fingerprint density at radius 2 is 1.77 bits per heavy atom. The van der Waals surface area contributed by atoms with Crippen molar-refractivity contribution in [3.05, 3.63) is 40.5 Å². The lowest BCUT2D eigenvalue weighted by molar-refractivity contribution is -0.120. The fourth-order valence-electron chi connectivity index (χ4n) is 4.90. The molecule has 1 fully saturated rings. The van der Waals surface area contributed by atoms with E-state index in [1.165, 1.54) is 4.90 Å². The van der Waals surface area contributed by atoms with Gasteiger partial charge < -0.3 is 15.0 Å². The van der Waals surface area contributed by atoms with Crippen LogP contribution in [-0.4, -0.2) is 72.0 Å². The molecule has 0 unspecified atom stereocenters. The van der Waals surface area contributed by atoms with Crippen molar-refractivity contribution in [2.24, 2.45) is 0 Å². The number of imide groups is 1. The van der Waals surface area contributed by atoms with E-state index >= 15 is 0 Å². The SMILES string of the molecule is CCNC(=S)N1CCN(CCCCCCC2=C(C)C(=O)N(c3ccc4c(c3)COC4=O)C2=O)CC1. The van der Waals surface area contributed by atoms with Crippen molar-refractivity contribution in [3.63, 3.8) is 0 Å². The molecule has 1 saturated heterocycles. The molecule has 0 aromatic heterocycles. The fourth-order valence-corrected chi connectivity index (χ4v) is 5.23. The van der Waals surface area contributed by atoms with E-state index in [0.717, 1.165) is 70.1 Å². The molecule has 0 bridgehead atoms. The van der Waals surface area contributed by atoms with E-state index < -0.39 is 0 Å². The molecule has 2 amide bonds. The highest BCUT2D eigenvalue weighted by Crippen LogP contribution is 2.32. The molecule has 0 atom stereocenters. The number of hydrogen-bond acceptors (Lipinski definition) is 6. The molecule has 0 radical (unpaired) electrons. The van der Waals surface area contributed by atoms with Gasteiger partial charge in [0.15, 0.2) is 5.11 Å². The highest BCUT2D eigenvalue weighted by atomic mass is 32.1. The Morgan fingerprint density at radius 1 is 1.03 bits per heavy atom. The summed E-state index contributed by atoms with van der Waals surface area (Å²) in [6.45, 7) is 9.93. The van der Waals surface area contributed by atoms with Crippen molar-refractivity contribution in [2.45, 2.75) is 52.6 Å². The summed E-state index contributed by atoms with van der Waals surface area (Å²) < 4.78 is 5.03. The van der Waals surface area contributed by atoms with Gasteiger partial charge in [0.1, 0.15) is 6.61 Å². The van der Waals surface area contributed by atoms with Gasteiger partial charge in [0, 0.05) is 49.4 Å². The maximum absolute atomic E-state index is 13.1. The molecule has 3 aliphatic heterocycles. The van der Waals surface area contributed by atoms with Crippen LogP contribution in [0.25, 0.3) is 0 Å². The number of carbonyl (C=O) groups excluding carboxylic acids is 3. The van der Waals surface area contributed by atoms with E-state index in [2.05, 4.69) is 22.0 Å². The average Bonchev–Trinajstić information content (AvgIpc) is 3.33. The van der Waals surface area contributed by atoms with Gasteiger partial charge in [-0.1, -0.05) is 12.8 Å². The quantitative estimate of drug-likeness (QED) is 0.241. The summed E-state index contributed by atoms with van der Waals surface area (Å²) in [5.41, 5.74) is 2.84. The number of anilines is 1. The van der Waals surface area contributed by atoms with Gasteiger partial charge in [0.05, 0.1) is 11.3 Å². The van der Waals surface area contributed by atoms with Crippen LogP contribution in [0.1, 0.15) is 61.9 Å². The number of hydrogen-bond donors (Lipinski definition) is 1. The molecule has 3 heterocycles. The van der Waals surface area contributed by atoms with E-state index in [4.69, 9.17) is 17.0 Å². The van der Waals surface area contributed by atoms with Crippen molar-refractivity contribution < 1.29 is 19.1 Å². The lowest BCUT2D eigenvalue weighted by Crippen LogP contribution is -2.51. The normalized spacial score (nSPS) is 18.4. The Morgan fingerprint density at radius 3 is 2.51 bits per heavy atom. The van der Waals surface area contributed by atoms with Crippen LogP contribution in [0.5, 0.6) is 0 Å². The molecule has 0 aliphatic carbocycles. The molecular weight excluding hydrogens is 464 g/mol. The summed E-state index contributed by atoms with van der Waals surface area (Å²) in [7, 11) is 0. The smallest absolute Gasteiger partial charge is 0.338 e. The number of rotatable bonds is 9. The summed E-state index contributed by atoms with van der Waals surface area (Å²) in [6, 6.07) is 4.98. The van der Waals surface area contributed by atoms with Crippen molar-refractivity contribution >= 4 is 40.8 Å². The number of unbranched alkanes of at least 4 members (excludes halogenated alkanes) is 3. The van der Waals surface area contributed by atoms with E-state index in [1.54, 1.807) is 25.1 Å². The molecule has 1 aromatic rings. The molecule has 188 valence electrons. The molecule has 4 rings (SSSR count). The molecule has 0 saturated carbocycles. The maximum atomic E-state index is 13.1. The highest BCUT2D eigenvalue weighted by Gasteiger charge is 2.37. The number of nitrogens with one attached hydrogen (secondary N) is 1. The van der Waals surface area contributed by atoms with E-state index in [0.29, 0.717) is 34.4 Å². The number of amides is 2. The first kappa shape index (κ1) is 25.3. The number of nitrogens with zero attached hydrogens (tertiary/aromatic N) is 3. The first-order chi connectivity index (χ1) is 16.9. The topological polar surface area (TPSA) is 82.2 Å². The van der Waals surface area contributed by atoms with Gasteiger partial charge in [0.25, 0.3) is 11.8 Å². The van der Waals surface area contributed by atoms with Crippen LogP contribution < -0.4 is 10.2 Å². The minimum absolute atomic E-state index is 0.177. The second kappa shape index (κ2) is 11.3. The Balaban J connectivity index is 1.19. The lowest BCUT2D eigenvalue weighted by atomic mass is 10.0. The van der Waals surface area contributed by atoms with Crippen LogP contribution >= 0.6 is 12.2 Å². The maximum Gasteiger partial charge on any atom is 0.338 e. The van der Waals surface area contributed by atoms with Crippen molar-refractivity contribution in [3.8, 4) is 0 Å². The third-order valence-corrected chi connectivity index (χ3v) is 7.40. The standard InChI is InChI=1S/C26H34N4O4S/c1-3-27-26(35)29-14-12-28(13-15-29)11-7-5-4-6-8-21-18(2)23(31)30(24(21)32)20-9-10-22-19(16-20)17-34-25(22)33/h9-10,16H,3-8,11-15,17H2,1-2H3,(H,27,35). The monoisotopic (exact) mass is 498 g/mol. The number of ether oxygens (including phenoxy) is 1. The number of esters is 1. The number of fused-ring (bicyclic) bond motifs is 1. The Bertz CT molecular complexity index is 1050. The Hall–Kier alpha value is -2.78. The van der Waals surface area contributed by atoms with Gasteiger partial charge in [0.2, 0.25) is 0 Å². The van der Waals surface area contributed by atoms with E-state index in [9.17, 15) is 14.4 Å². The first-order valence-corrected chi connectivity index (χ1v) is 12.9. The summed E-state index contributed by atoms with van der Waals surface area (Å²) in [5, 5.41) is 4.08. The van der Waals surface area contributed by atoms with Crippen LogP contribution in [0.3, 0.4) is 0 Å². The van der Waals surface area contributed by atoms with Crippen LogP contribution in [-0.2, 0) is 20.9 Å². The number of carbonyl (C=O) groups is 3. The van der Waals surface area contributed by atoms with Crippen LogP contribution in [0.2, 0.25) is 0 Å². The van der Waals surface area contributed by atoms with Gasteiger partial charge in [-0.3, -0.25) is 14.5 Å². The molecule has 1 aromatic carbocycles. The first-order valence-electron chi connectivity index (χ1n) is 12.5. The van der Waals surface area contributed by atoms with Gasteiger partial charge >= 0.3 is 5.97 Å². The second-order valence-corrected chi connectivity index (χ2v) is 9.68. The zero-order valence-corrected chi connectivity index (χ0v) is 21.4. The molecular formula is C26H34N4O4S. The lowest BCUT2D eigenvalue weighted by Gasteiger charge is -2.36. The van der Waals surface area contributed by atoms with Crippen LogP contribution in [0.4, 0.5) is 5.69 Å². The van der Waals surface area contributed by atoms with Gasteiger partial charge in [-0.05, 0) is 70.1 Å². The van der Waals surface area contributed by atoms with Crippen LogP contribution in [0, 0.1) is 0 Å². The van der Waals surface area contributed by atoms with E-state index in [1.807, 2.05) is 0 Å². The summed E-state index contributed by atoms with van der Waals surface area (Å²) >= 11 is 5.40. The Labute approximate surface area is 212 Å². The predicted octanol–water partition coefficient (Wildman–Crippen LogP) is 3.01. The minimum Gasteiger partial charge on any atom is -0.457 e. The zero-order chi connectivity index (χ0) is 24.9. The third kappa shape index (κ3) is 5.56. The largest absolute Gasteiger partial charge is 0.457 e. The number of piperazine rings is 1. The summed E-state index contributed by atoms with van der Waals surface area (Å²) in [4.78, 5) is 43.5.